The Bertz CT molecular complexity index is 296. The van der Waals surface area contributed by atoms with Crippen LogP contribution in [0, 0.1) is 0 Å². The van der Waals surface area contributed by atoms with E-state index in [-0.39, 0.29) is 10.5 Å². The lowest BCUT2D eigenvalue weighted by Gasteiger charge is -1.76. The van der Waals surface area contributed by atoms with Crippen molar-refractivity contribution in [2.75, 3.05) is 0 Å². The minimum atomic E-state index is -0.214. The second kappa shape index (κ2) is 3.04. The van der Waals surface area contributed by atoms with Gasteiger partial charge in [0, 0.05) is 5.02 Å². The molecule has 0 saturated carbocycles. The Labute approximate surface area is 68.2 Å². The van der Waals surface area contributed by atoms with E-state index in [4.69, 9.17) is 23.2 Å². The van der Waals surface area contributed by atoms with Crippen LogP contribution in [0.3, 0.4) is 0 Å². The van der Waals surface area contributed by atoms with Gasteiger partial charge in [-0.1, -0.05) is 29.3 Å². The summed E-state index contributed by atoms with van der Waals surface area (Å²) in [5.41, 5.74) is -0.214. The molecule has 0 amide bonds. The molecule has 1 aromatic carbocycles. The number of halogens is 2. The topological polar surface area (TPSA) is 17.1 Å². The van der Waals surface area contributed by atoms with Crippen molar-refractivity contribution in [2.45, 2.75) is 0 Å². The van der Waals surface area contributed by atoms with Crippen LogP contribution in [0.2, 0.25) is 10.0 Å². The van der Waals surface area contributed by atoms with Gasteiger partial charge >= 0.3 is 0 Å². The van der Waals surface area contributed by atoms with Crippen LogP contribution in [-0.4, -0.2) is 0 Å². The third-order valence-electron chi connectivity index (χ3n) is 1.00. The highest BCUT2D eigenvalue weighted by Gasteiger charge is 1.91. The average Bonchev–Trinajstić information content (AvgIpc) is 1.96. The third-order valence-corrected chi connectivity index (χ3v) is 1.53. The van der Waals surface area contributed by atoms with Gasteiger partial charge in [-0.15, -0.1) is 0 Å². The fraction of sp³-hybridized carbons (Fsp3) is 0. The minimum absolute atomic E-state index is 0.148. The molecule has 3 heteroatoms. The zero-order valence-corrected chi connectivity index (χ0v) is 6.49. The maximum absolute atomic E-state index is 10.8. The SMILES string of the molecule is O=c1cccc(Cl)cc1Cl. The minimum Gasteiger partial charge on any atom is -0.288 e. The van der Waals surface area contributed by atoms with Gasteiger partial charge in [-0.25, -0.2) is 0 Å². The second-order valence-corrected chi connectivity index (χ2v) is 2.61. The van der Waals surface area contributed by atoms with E-state index in [1.165, 1.54) is 12.1 Å². The van der Waals surface area contributed by atoms with Crippen molar-refractivity contribution in [1.29, 1.82) is 0 Å². The first-order valence-corrected chi connectivity index (χ1v) is 3.41. The van der Waals surface area contributed by atoms with Crippen molar-refractivity contribution < 1.29 is 0 Å². The van der Waals surface area contributed by atoms with Gasteiger partial charge < -0.3 is 0 Å². The number of rotatable bonds is 0. The van der Waals surface area contributed by atoms with E-state index in [0.717, 1.165) is 0 Å². The zero-order valence-electron chi connectivity index (χ0n) is 4.97. The fourth-order valence-corrected chi connectivity index (χ4v) is 0.966. The summed E-state index contributed by atoms with van der Waals surface area (Å²) >= 11 is 11.1. The summed E-state index contributed by atoms with van der Waals surface area (Å²) in [6, 6.07) is 5.96. The summed E-state index contributed by atoms with van der Waals surface area (Å²) in [5, 5.41) is 0.613. The van der Waals surface area contributed by atoms with Crippen LogP contribution in [0.25, 0.3) is 0 Å². The van der Waals surface area contributed by atoms with Crippen LogP contribution >= 0.6 is 23.2 Å². The first kappa shape index (κ1) is 7.58. The Morgan fingerprint density at radius 3 is 2.60 bits per heavy atom. The van der Waals surface area contributed by atoms with Crippen molar-refractivity contribution in [3.63, 3.8) is 0 Å². The molecule has 0 aliphatic carbocycles. The van der Waals surface area contributed by atoms with Gasteiger partial charge in [0.15, 0.2) is 5.43 Å². The molecule has 0 radical (unpaired) electrons. The lowest BCUT2D eigenvalue weighted by Crippen LogP contribution is -1.92. The molecule has 52 valence electrons. The molecule has 0 spiro atoms. The van der Waals surface area contributed by atoms with E-state index >= 15 is 0 Å². The predicted molar refractivity (Wildman–Crippen MR) is 42.7 cm³/mol. The highest BCUT2D eigenvalue weighted by Crippen LogP contribution is 2.08. The third kappa shape index (κ3) is 1.72. The summed E-state index contributed by atoms with van der Waals surface area (Å²) in [7, 11) is 0. The van der Waals surface area contributed by atoms with Crippen molar-refractivity contribution in [3.05, 3.63) is 44.5 Å². The molecule has 0 heterocycles. The maximum Gasteiger partial charge on any atom is 0.197 e. The van der Waals surface area contributed by atoms with Crippen LogP contribution in [0.1, 0.15) is 0 Å². The molecule has 0 aliphatic rings. The standard InChI is InChI=1S/C7H4Cl2O/c8-5-2-1-3-7(10)6(9)4-5/h1-4H. The number of hydrogen-bond donors (Lipinski definition) is 0. The van der Waals surface area contributed by atoms with E-state index in [2.05, 4.69) is 0 Å². The van der Waals surface area contributed by atoms with E-state index in [1.807, 2.05) is 0 Å². The quantitative estimate of drug-likeness (QED) is 0.591. The molecule has 0 fully saturated rings. The molecule has 0 saturated heterocycles. The molecular weight excluding hydrogens is 171 g/mol. The molecule has 10 heavy (non-hydrogen) atoms. The van der Waals surface area contributed by atoms with Gasteiger partial charge in [0.1, 0.15) is 0 Å². The number of hydrogen-bond acceptors (Lipinski definition) is 1. The molecule has 0 aromatic heterocycles. The van der Waals surface area contributed by atoms with E-state index < -0.39 is 0 Å². The largest absolute Gasteiger partial charge is 0.288 e. The summed E-state index contributed by atoms with van der Waals surface area (Å²) in [5.74, 6) is 0. The first-order chi connectivity index (χ1) is 4.70. The fourth-order valence-electron chi connectivity index (χ4n) is 0.547. The van der Waals surface area contributed by atoms with Gasteiger partial charge in [0.25, 0.3) is 0 Å². The summed E-state index contributed by atoms with van der Waals surface area (Å²) in [6.07, 6.45) is 0. The Hall–Kier alpha value is -0.530. The molecule has 1 nitrogen and oxygen atoms in total. The molecule has 0 N–H and O–H groups in total. The zero-order chi connectivity index (χ0) is 7.56. The van der Waals surface area contributed by atoms with Gasteiger partial charge in [0.05, 0.1) is 5.02 Å². The predicted octanol–water partition coefficient (Wildman–Crippen LogP) is 2.35. The van der Waals surface area contributed by atoms with E-state index in [1.54, 1.807) is 12.1 Å². The van der Waals surface area contributed by atoms with Crippen molar-refractivity contribution >= 4 is 23.2 Å². The maximum atomic E-state index is 10.8. The average molecular weight is 175 g/mol. The van der Waals surface area contributed by atoms with Gasteiger partial charge in [-0.05, 0) is 18.2 Å². The Balaban J connectivity index is 3.46. The molecule has 0 atom stereocenters. The Kier molecular flexibility index (Phi) is 2.30. The monoisotopic (exact) mass is 174 g/mol. The van der Waals surface area contributed by atoms with Gasteiger partial charge in [-0.2, -0.15) is 0 Å². The first-order valence-electron chi connectivity index (χ1n) is 2.65. The highest BCUT2D eigenvalue weighted by molar-refractivity contribution is 6.34. The lowest BCUT2D eigenvalue weighted by atomic mass is 10.5. The lowest BCUT2D eigenvalue weighted by molar-refractivity contribution is 1.67. The van der Waals surface area contributed by atoms with E-state index in [0.29, 0.717) is 5.02 Å². The second-order valence-electron chi connectivity index (χ2n) is 1.77. The van der Waals surface area contributed by atoms with Crippen LogP contribution in [0.5, 0.6) is 0 Å². The van der Waals surface area contributed by atoms with Crippen molar-refractivity contribution in [1.82, 2.24) is 0 Å². The summed E-state index contributed by atoms with van der Waals surface area (Å²) in [4.78, 5) is 10.8. The molecule has 1 rings (SSSR count). The normalized spacial score (nSPS) is 9.40. The summed E-state index contributed by atoms with van der Waals surface area (Å²) < 4.78 is 0. The highest BCUT2D eigenvalue weighted by atomic mass is 35.5. The Morgan fingerprint density at radius 1 is 1.20 bits per heavy atom. The molecule has 0 unspecified atom stereocenters. The van der Waals surface area contributed by atoms with Gasteiger partial charge in [0.2, 0.25) is 0 Å². The molecule has 0 bridgehead atoms. The Morgan fingerprint density at radius 2 is 1.90 bits per heavy atom. The van der Waals surface area contributed by atoms with E-state index in [9.17, 15) is 4.79 Å². The summed E-state index contributed by atoms with van der Waals surface area (Å²) in [6.45, 7) is 0. The molecule has 0 aliphatic heterocycles. The van der Waals surface area contributed by atoms with Crippen molar-refractivity contribution in [3.8, 4) is 0 Å². The van der Waals surface area contributed by atoms with Crippen molar-refractivity contribution in [2.24, 2.45) is 0 Å². The molecule has 1 aromatic rings. The van der Waals surface area contributed by atoms with Crippen LogP contribution in [0.4, 0.5) is 0 Å². The van der Waals surface area contributed by atoms with Crippen LogP contribution in [0.15, 0.2) is 29.1 Å². The smallest absolute Gasteiger partial charge is 0.197 e. The van der Waals surface area contributed by atoms with Crippen LogP contribution < -0.4 is 5.43 Å². The van der Waals surface area contributed by atoms with Gasteiger partial charge in [-0.3, -0.25) is 4.79 Å². The molecular formula is C7H4Cl2O. The van der Waals surface area contributed by atoms with Crippen LogP contribution in [-0.2, 0) is 0 Å².